The van der Waals surface area contributed by atoms with Crippen molar-refractivity contribution in [3.63, 3.8) is 0 Å². The summed E-state index contributed by atoms with van der Waals surface area (Å²) in [6.07, 6.45) is 6.65. The average molecular weight is 325 g/mol. The standard InChI is InChI=1S/C17H25BrO/c1-13(2)12-17(9-5-6-10-17)16(19)11-14-7-3-4-8-15(14)18/h3-4,7-8,13,16,19H,5-6,9-12H2,1-2H3. The van der Waals surface area contributed by atoms with Gasteiger partial charge in [-0.05, 0) is 48.6 Å². The van der Waals surface area contributed by atoms with Crippen molar-refractivity contribution in [2.24, 2.45) is 11.3 Å². The number of halogens is 1. The van der Waals surface area contributed by atoms with Crippen LogP contribution in [0, 0.1) is 11.3 Å². The van der Waals surface area contributed by atoms with Crippen LogP contribution in [0.25, 0.3) is 0 Å². The second-order valence-electron chi connectivity index (χ2n) is 6.48. The Morgan fingerprint density at radius 2 is 1.84 bits per heavy atom. The van der Waals surface area contributed by atoms with Gasteiger partial charge in [0.25, 0.3) is 0 Å². The Morgan fingerprint density at radius 1 is 1.21 bits per heavy atom. The molecule has 1 aliphatic rings. The second-order valence-corrected chi connectivity index (χ2v) is 7.33. The fourth-order valence-electron chi connectivity index (χ4n) is 3.65. The van der Waals surface area contributed by atoms with Gasteiger partial charge in [-0.15, -0.1) is 0 Å². The molecular weight excluding hydrogens is 300 g/mol. The maximum atomic E-state index is 10.8. The normalized spacial score (nSPS) is 19.8. The number of hydrogen-bond acceptors (Lipinski definition) is 1. The molecule has 1 N–H and O–H groups in total. The highest BCUT2D eigenvalue weighted by atomic mass is 79.9. The third-order valence-electron chi connectivity index (χ3n) is 4.49. The van der Waals surface area contributed by atoms with E-state index < -0.39 is 0 Å². The van der Waals surface area contributed by atoms with E-state index in [4.69, 9.17) is 0 Å². The molecule has 1 saturated carbocycles. The van der Waals surface area contributed by atoms with Crippen molar-refractivity contribution in [1.29, 1.82) is 0 Å². The largest absolute Gasteiger partial charge is 0.392 e. The minimum atomic E-state index is -0.212. The van der Waals surface area contributed by atoms with Crippen molar-refractivity contribution in [3.05, 3.63) is 34.3 Å². The summed E-state index contributed by atoms with van der Waals surface area (Å²) in [5.74, 6) is 0.659. The quantitative estimate of drug-likeness (QED) is 0.811. The molecule has 0 amide bonds. The molecule has 0 radical (unpaired) electrons. The zero-order valence-electron chi connectivity index (χ0n) is 12.0. The van der Waals surface area contributed by atoms with E-state index >= 15 is 0 Å². The monoisotopic (exact) mass is 324 g/mol. The molecule has 19 heavy (non-hydrogen) atoms. The molecular formula is C17H25BrO. The summed E-state index contributed by atoms with van der Waals surface area (Å²) in [4.78, 5) is 0. The number of hydrogen-bond donors (Lipinski definition) is 1. The van der Waals surface area contributed by atoms with E-state index in [1.807, 2.05) is 6.07 Å². The second kappa shape index (κ2) is 6.41. The molecule has 1 aromatic rings. The highest BCUT2D eigenvalue weighted by Crippen LogP contribution is 2.47. The Kier molecular flexibility index (Phi) is 5.08. The number of aliphatic hydroxyl groups is 1. The predicted molar refractivity (Wildman–Crippen MR) is 84.2 cm³/mol. The summed E-state index contributed by atoms with van der Waals surface area (Å²) in [5, 5.41) is 10.8. The van der Waals surface area contributed by atoms with Gasteiger partial charge in [-0.2, -0.15) is 0 Å². The van der Waals surface area contributed by atoms with Crippen LogP contribution in [-0.4, -0.2) is 11.2 Å². The lowest BCUT2D eigenvalue weighted by molar-refractivity contribution is 0.0133. The van der Waals surface area contributed by atoms with Crippen molar-refractivity contribution in [1.82, 2.24) is 0 Å². The summed E-state index contributed by atoms with van der Waals surface area (Å²) < 4.78 is 1.12. The van der Waals surface area contributed by atoms with Crippen LogP contribution in [0.2, 0.25) is 0 Å². The van der Waals surface area contributed by atoms with Gasteiger partial charge in [-0.1, -0.05) is 60.8 Å². The molecule has 2 rings (SSSR count). The van der Waals surface area contributed by atoms with Gasteiger partial charge >= 0.3 is 0 Å². The molecule has 1 atom stereocenters. The van der Waals surface area contributed by atoms with E-state index in [2.05, 4.69) is 48.0 Å². The Labute approximate surface area is 125 Å². The smallest absolute Gasteiger partial charge is 0.0637 e. The number of aliphatic hydroxyl groups excluding tert-OH is 1. The summed E-state index contributed by atoms with van der Waals surface area (Å²) in [7, 11) is 0. The van der Waals surface area contributed by atoms with Crippen LogP contribution in [0.4, 0.5) is 0 Å². The summed E-state index contributed by atoms with van der Waals surface area (Å²) in [6, 6.07) is 8.26. The molecule has 1 unspecified atom stereocenters. The molecule has 0 aromatic heterocycles. The third-order valence-corrected chi connectivity index (χ3v) is 5.27. The van der Waals surface area contributed by atoms with Crippen molar-refractivity contribution in [2.75, 3.05) is 0 Å². The molecule has 1 fully saturated rings. The molecule has 1 aromatic carbocycles. The Morgan fingerprint density at radius 3 is 2.42 bits per heavy atom. The van der Waals surface area contributed by atoms with Gasteiger partial charge in [-0.25, -0.2) is 0 Å². The van der Waals surface area contributed by atoms with Crippen molar-refractivity contribution in [3.8, 4) is 0 Å². The Bertz CT molecular complexity index is 407. The van der Waals surface area contributed by atoms with Gasteiger partial charge in [0.05, 0.1) is 6.10 Å². The predicted octanol–water partition coefficient (Wildman–Crippen LogP) is 4.96. The highest BCUT2D eigenvalue weighted by Gasteiger charge is 2.40. The maximum absolute atomic E-state index is 10.8. The fourth-order valence-corrected chi connectivity index (χ4v) is 4.10. The molecule has 0 heterocycles. The van der Waals surface area contributed by atoms with Gasteiger partial charge in [0.15, 0.2) is 0 Å². The number of benzene rings is 1. The molecule has 0 spiro atoms. The lowest BCUT2D eigenvalue weighted by Crippen LogP contribution is -2.35. The van der Waals surface area contributed by atoms with E-state index in [0.717, 1.165) is 17.3 Å². The molecule has 1 nitrogen and oxygen atoms in total. The first-order valence-corrected chi connectivity index (χ1v) is 8.24. The first-order chi connectivity index (χ1) is 9.03. The van der Waals surface area contributed by atoms with Crippen LogP contribution in [0.1, 0.15) is 51.5 Å². The minimum absolute atomic E-state index is 0.156. The van der Waals surface area contributed by atoms with Gasteiger partial charge < -0.3 is 5.11 Å². The van der Waals surface area contributed by atoms with Crippen molar-refractivity contribution >= 4 is 15.9 Å². The third kappa shape index (κ3) is 3.61. The van der Waals surface area contributed by atoms with Crippen LogP contribution in [-0.2, 0) is 6.42 Å². The van der Waals surface area contributed by atoms with Gasteiger partial charge in [0.1, 0.15) is 0 Å². The molecule has 2 heteroatoms. The molecule has 0 aliphatic heterocycles. The summed E-state index contributed by atoms with van der Waals surface area (Å²) in [6.45, 7) is 4.54. The van der Waals surface area contributed by atoms with Crippen molar-refractivity contribution in [2.45, 2.75) is 58.5 Å². The van der Waals surface area contributed by atoms with E-state index in [9.17, 15) is 5.11 Å². The van der Waals surface area contributed by atoms with E-state index in [0.29, 0.717) is 5.92 Å². The first kappa shape index (κ1) is 15.1. The van der Waals surface area contributed by atoms with Gasteiger partial charge in [-0.3, -0.25) is 0 Å². The Balaban J connectivity index is 2.12. The average Bonchev–Trinajstić information content (AvgIpc) is 2.81. The lowest BCUT2D eigenvalue weighted by Gasteiger charge is -2.36. The summed E-state index contributed by atoms with van der Waals surface area (Å²) in [5.41, 5.74) is 1.38. The molecule has 0 saturated heterocycles. The zero-order valence-corrected chi connectivity index (χ0v) is 13.6. The first-order valence-electron chi connectivity index (χ1n) is 7.45. The van der Waals surface area contributed by atoms with Crippen LogP contribution < -0.4 is 0 Å². The van der Waals surface area contributed by atoms with Crippen LogP contribution in [0.15, 0.2) is 28.7 Å². The van der Waals surface area contributed by atoms with Gasteiger partial charge in [0, 0.05) is 4.47 Å². The molecule has 106 valence electrons. The van der Waals surface area contributed by atoms with Crippen molar-refractivity contribution < 1.29 is 5.11 Å². The van der Waals surface area contributed by atoms with E-state index in [1.165, 1.54) is 31.2 Å². The van der Waals surface area contributed by atoms with Gasteiger partial charge in [0.2, 0.25) is 0 Å². The lowest BCUT2D eigenvalue weighted by atomic mass is 9.72. The van der Waals surface area contributed by atoms with Crippen LogP contribution in [0.3, 0.4) is 0 Å². The summed E-state index contributed by atoms with van der Waals surface area (Å²) >= 11 is 3.59. The fraction of sp³-hybridized carbons (Fsp3) is 0.647. The van der Waals surface area contributed by atoms with E-state index in [1.54, 1.807) is 0 Å². The maximum Gasteiger partial charge on any atom is 0.0637 e. The number of rotatable bonds is 5. The SMILES string of the molecule is CC(C)CC1(C(O)Cc2ccccc2Br)CCCC1. The Hall–Kier alpha value is -0.340. The molecule has 0 bridgehead atoms. The van der Waals surface area contributed by atoms with E-state index in [-0.39, 0.29) is 11.5 Å². The highest BCUT2D eigenvalue weighted by molar-refractivity contribution is 9.10. The zero-order chi connectivity index (χ0) is 13.9. The van der Waals surface area contributed by atoms with Crippen LogP contribution >= 0.6 is 15.9 Å². The topological polar surface area (TPSA) is 20.2 Å². The minimum Gasteiger partial charge on any atom is -0.392 e. The molecule has 1 aliphatic carbocycles. The van der Waals surface area contributed by atoms with Crippen LogP contribution in [0.5, 0.6) is 0 Å².